The second kappa shape index (κ2) is 6.43. The van der Waals surface area contributed by atoms with E-state index in [1.165, 1.54) is 19.3 Å². The molecule has 0 amide bonds. The summed E-state index contributed by atoms with van der Waals surface area (Å²) in [5, 5.41) is 0. The van der Waals surface area contributed by atoms with Crippen LogP contribution in [0.15, 0.2) is 45.9 Å². The molecule has 0 aliphatic carbocycles. The lowest BCUT2D eigenvalue weighted by atomic mass is 10.1. The fraction of sp³-hybridized carbons (Fsp3) is 0.375. The van der Waals surface area contributed by atoms with Crippen molar-refractivity contribution in [2.24, 2.45) is 10.7 Å². The van der Waals surface area contributed by atoms with Crippen LogP contribution in [0.25, 0.3) is 11.3 Å². The molecule has 0 bridgehead atoms. The zero-order valence-corrected chi connectivity index (χ0v) is 12.0. The van der Waals surface area contributed by atoms with Crippen molar-refractivity contribution in [2.45, 2.75) is 25.8 Å². The fourth-order valence-electron chi connectivity index (χ4n) is 2.49. The lowest BCUT2D eigenvalue weighted by Crippen LogP contribution is -2.40. The number of piperidine rings is 1. The first-order chi connectivity index (χ1) is 10.3. The van der Waals surface area contributed by atoms with Gasteiger partial charge in [-0.3, -0.25) is 0 Å². The minimum atomic E-state index is 0.384. The van der Waals surface area contributed by atoms with E-state index in [4.69, 9.17) is 10.2 Å². The number of aliphatic imine (C=N–C) groups is 1. The van der Waals surface area contributed by atoms with Gasteiger partial charge in [0.25, 0.3) is 0 Å². The first kappa shape index (κ1) is 13.7. The number of guanidine groups is 1. The Balaban J connectivity index is 1.64. The molecule has 5 nitrogen and oxygen atoms in total. The maximum atomic E-state index is 6.02. The molecule has 0 unspecified atom stereocenters. The number of hydrogen-bond donors (Lipinski definition) is 1. The van der Waals surface area contributed by atoms with Gasteiger partial charge in [0, 0.05) is 18.7 Å². The van der Waals surface area contributed by atoms with Crippen molar-refractivity contribution in [1.29, 1.82) is 0 Å². The number of aromatic nitrogens is 1. The van der Waals surface area contributed by atoms with E-state index >= 15 is 0 Å². The highest BCUT2D eigenvalue weighted by molar-refractivity contribution is 5.78. The van der Waals surface area contributed by atoms with Crippen LogP contribution in [0.3, 0.4) is 0 Å². The molecule has 0 spiro atoms. The number of benzene rings is 1. The summed E-state index contributed by atoms with van der Waals surface area (Å²) in [6.45, 7) is 2.38. The van der Waals surface area contributed by atoms with E-state index in [1.54, 1.807) is 6.20 Å². The highest BCUT2D eigenvalue weighted by Crippen LogP contribution is 2.20. The number of rotatable bonds is 3. The summed E-state index contributed by atoms with van der Waals surface area (Å²) < 4.78 is 5.72. The van der Waals surface area contributed by atoms with E-state index in [0.29, 0.717) is 18.4 Å². The van der Waals surface area contributed by atoms with E-state index in [9.17, 15) is 0 Å². The minimum absolute atomic E-state index is 0.384. The maximum Gasteiger partial charge on any atom is 0.216 e. The Kier molecular flexibility index (Phi) is 4.19. The molecule has 0 radical (unpaired) electrons. The molecule has 21 heavy (non-hydrogen) atoms. The second-order valence-electron chi connectivity index (χ2n) is 5.21. The number of likely N-dealkylation sites (tertiary alicyclic amines) is 1. The second-order valence-corrected chi connectivity index (χ2v) is 5.21. The van der Waals surface area contributed by atoms with Crippen molar-refractivity contribution in [3.05, 3.63) is 42.4 Å². The summed E-state index contributed by atoms with van der Waals surface area (Å²) in [6.07, 6.45) is 5.39. The zero-order chi connectivity index (χ0) is 14.5. The average Bonchev–Trinajstić information content (AvgIpc) is 3.03. The van der Waals surface area contributed by atoms with Gasteiger partial charge < -0.3 is 15.1 Å². The summed E-state index contributed by atoms with van der Waals surface area (Å²) in [5.74, 6) is 1.94. The van der Waals surface area contributed by atoms with Crippen molar-refractivity contribution in [2.75, 3.05) is 13.1 Å². The van der Waals surface area contributed by atoms with E-state index in [2.05, 4.69) is 14.9 Å². The van der Waals surface area contributed by atoms with Gasteiger partial charge in [-0.2, -0.15) is 0 Å². The molecule has 2 aromatic rings. The van der Waals surface area contributed by atoms with Crippen molar-refractivity contribution in [3.8, 4) is 11.3 Å². The predicted molar refractivity (Wildman–Crippen MR) is 82.7 cm³/mol. The third-order valence-electron chi connectivity index (χ3n) is 3.67. The van der Waals surface area contributed by atoms with Crippen molar-refractivity contribution in [3.63, 3.8) is 0 Å². The summed E-state index contributed by atoms with van der Waals surface area (Å²) in [6, 6.07) is 9.92. The number of oxazole rings is 1. The third kappa shape index (κ3) is 3.42. The molecule has 1 aromatic carbocycles. The molecular weight excluding hydrogens is 264 g/mol. The molecule has 1 saturated heterocycles. The summed E-state index contributed by atoms with van der Waals surface area (Å²) in [4.78, 5) is 10.8. The monoisotopic (exact) mass is 284 g/mol. The van der Waals surface area contributed by atoms with Gasteiger partial charge in [0.1, 0.15) is 6.54 Å². The summed E-state index contributed by atoms with van der Waals surface area (Å²) >= 11 is 0. The molecule has 1 aliphatic rings. The van der Waals surface area contributed by atoms with Crippen LogP contribution >= 0.6 is 0 Å². The predicted octanol–water partition coefficient (Wildman–Crippen LogP) is 2.64. The fourth-order valence-corrected chi connectivity index (χ4v) is 2.49. The van der Waals surface area contributed by atoms with Gasteiger partial charge in [-0.05, 0) is 19.3 Å². The van der Waals surface area contributed by atoms with Crippen LogP contribution in [0.4, 0.5) is 0 Å². The smallest absolute Gasteiger partial charge is 0.216 e. The van der Waals surface area contributed by atoms with E-state index in [-0.39, 0.29) is 0 Å². The highest BCUT2D eigenvalue weighted by atomic mass is 16.4. The lowest BCUT2D eigenvalue weighted by molar-refractivity contribution is 0.337. The molecule has 110 valence electrons. The Hall–Kier alpha value is -2.30. The molecule has 2 N–H and O–H groups in total. The van der Waals surface area contributed by atoms with Gasteiger partial charge in [-0.25, -0.2) is 9.98 Å². The summed E-state index contributed by atoms with van der Waals surface area (Å²) in [7, 11) is 0. The van der Waals surface area contributed by atoms with Crippen LogP contribution in [-0.2, 0) is 6.54 Å². The SMILES string of the molecule is NC(=NCc1ncc(-c2ccccc2)o1)N1CCCCC1. The van der Waals surface area contributed by atoms with E-state index in [0.717, 1.165) is 24.4 Å². The zero-order valence-electron chi connectivity index (χ0n) is 12.0. The molecule has 5 heteroatoms. The van der Waals surface area contributed by atoms with Gasteiger partial charge in [0.15, 0.2) is 11.7 Å². The van der Waals surface area contributed by atoms with Crippen LogP contribution in [0, 0.1) is 0 Å². The summed E-state index contributed by atoms with van der Waals surface area (Å²) in [5.41, 5.74) is 7.04. The number of hydrogen-bond acceptors (Lipinski definition) is 3. The topological polar surface area (TPSA) is 67.6 Å². The van der Waals surface area contributed by atoms with Crippen LogP contribution in [0.2, 0.25) is 0 Å². The van der Waals surface area contributed by atoms with Gasteiger partial charge in [-0.1, -0.05) is 30.3 Å². The molecule has 2 heterocycles. The standard InChI is InChI=1S/C16H20N4O/c17-16(20-9-5-2-6-10-20)19-12-15-18-11-14(21-15)13-7-3-1-4-8-13/h1,3-4,7-8,11H,2,5-6,9-10,12H2,(H2,17,19). The first-order valence-corrected chi connectivity index (χ1v) is 7.38. The first-order valence-electron chi connectivity index (χ1n) is 7.38. The molecular formula is C16H20N4O. The average molecular weight is 284 g/mol. The van der Waals surface area contributed by atoms with Crippen LogP contribution in [0.1, 0.15) is 25.2 Å². The molecule has 0 saturated carbocycles. The third-order valence-corrected chi connectivity index (χ3v) is 3.67. The Labute approximate surface area is 124 Å². The van der Waals surface area contributed by atoms with E-state index < -0.39 is 0 Å². The molecule has 1 fully saturated rings. The van der Waals surface area contributed by atoms with Crippen molar-refractivity contribution in [1.82, 2.24) is 9.88 Å². The Morgan fingerprint density at radius 2 is 1.95 bits per heavy atom. The Bertz CT molecular complexity index is 600. The largest absolute Gasteiger partial charge is 0.439 e. The number of nitrogens with zero attached hydrogens (tertiary/aromatic N) is 3. The molecule has 3 rings (SSSR count). The van der Waals surface area contributed by atoms with Gasteiger partial charge in [0.05, 0.1) is 6.20 Å². The van der Waals surface area contributed by atoms with Crippen molar-refractivity contribution < 1.29 is 4.42 Å². The van der Waals surface area contributed by atoms with Crippen LogP contribution < -0.4 is 5.73 Å². The van der Waals surface area contributed by atoms with Crippen LogP contribution in [0.5, 0.6) is 0 Å². The van der Waals surface area contributed by atoms with Gasteiger partial charge in [0.2, 0.25) is 5.89 Å². The molecule has 1 aliphatic heterocycles. The lowest BCUT2D eigenvalue weighted by Gasteiger charge is -2.27. The maximum absolute atomic E-state index is 6.02. The van der Waals surface area contributed by atoms with Crippen LogP contribution in [-0.4, -0.2) is 28.9 Å². The molecule has 1 aromatic heterocycles. The van der Waals surface area contributed by atoms with E-state index in [1.807, 2.05) is 30.3 Å². The highest BCUT2D eigenvalue weighted by Gasteiger charge is 2.12. The molecule has 0 atom stereocenters. The quantitative estimate of drug-likeness (QED) is 0.695. The Morgan fingerprint density at radius 1 is 1.19 bits per heavy atom. The van der Waals surface area contributed by atoms with Gasteiger partial charge in [-0.15, -0.1) is 0 Å². The van der Waals surface area contributed by atoms with Gasteiger partial charge >= 0.3 is 0 Å². The minimum Gasteiger partial charge on any atom is -0.439 e. The number of nitrogens with two attached hydrogens (primary N) is 1. The normalized spacial score (nSPS) is 16.2. The van der Waals surface area contributed by atoms with Crippen molar-refractivity contribution >= 4 is 5.96 Å². The Morgan fingerprint density at radius 3 is 2.71 bits per heavy atom.